The second kappa shape index (κ2) is 16.1. The molecule has 12 nitrogen and oxygen atoms in total. The normalized spacial score (nSPS) is 12.4. The summed E-state index contributed by atoms with van der Waals surface area (Å²) in [5.41, 5.74) is 13.4. The van der Waals surface area contributed by atoms with Crippen molar-refractivity contribution < 1.29 is 48.4 Å². The fourth-order valence-corrected chi connectivity index (χ4v) is 3.39. The van der Waals surface area contributed by atoms with E-state index >= 15 is 0 Å². The first-order chi connectivity index (χ1) is 19.9. The fourth-order valence-electron chi connectivity index (χ4n) is 3.39. The molecule has 0 bridgehead atoms. The van der Waals surface area contributed by atoms with Crippen molar-refractivity contribution in [3.05, 3.63) is 107 Å². The molecule has 1 amide bonds. The van der Waals surface area contributed by atoms with Crippen LogP contribution >= 0.6 is 0 Å². The number of primary amides is 1. The standard InChI is InChI=1S/C20H18O8.C10H14N2O2/c1-11-3-7-13(8-4-11)19(25)27-15(17(21)22)16(18(23)24)28-20(26)14-9-5-12(2)6-10-14;11-9(7-14-10(12)13)6-8-4-2-1-3-5-8/h3-10,15-16H,1-2H3,(H,21,22)(H,23,24);1-5,9H,6-7,11H2,(H2,12,13)/t15-,16-;9-/m11/s1. The van der Waals surface area contributed by atoms with E-state index in [4.69, 9.17) is 20.9 Å². The first-order valence-corrected chi connectivity index (χ1v) is 12.6. The molecular weight excluding hydrogens is 548 g/mol. The van der Waals surface area contributed by atoms with Crippen LogP contribution in [0.15, 0.2) is 78.9 Å². The van der Waals surface area contributed by atoms with E-state index in [2.05, 4.69) is 4.74 Å². The minimum absolute atomic E-state index is 0.0332. The van der Waals surface area contributed by atoms with E-state index in [0.29, 0.717) is 6.42 Å². The minimum atomic E-state index is -2.22. The molecule has 0 aliphatic carbocycles. The zero-order valence-electron chi connectivity index (χ0n) is 23.0. The highest BCUT2D eigenvalue weighted by Gasteiger charge is 2.41. The quantitative estimate of drug-likeness (QED) is 0.192. The molecule has 12 heteroatoms. The van der Waals surface area contributed by atoms with Crippen LogP contribution in [0.4, 0.5) is 4.79 Å². The van der Waals surface area contributed by atoms with E-state index in [0.717, 1.165) is 16.7 Å². The molecule has 0 saturated heterocycles. The number of amides is 1. The zero-order chi connectivity index (χ0) is 31.2. The maximum atomic E-state index is 12.2. The molecule has 42 heavy (non-hydrogen) atoms. The van der Waals surface area contributed by atoms with Crippen molar-refractivity contribution in [2.75, 3.05) is 6.61 Å². The number of hydrogen-bond acceptors (Lipinski definition) is 9. The molecule has 3 aromatic carbocycles. The molecule has 3 rings (SSSR count). The topological polar surface area (TPSA) is 206 Å². The number of aryl methyl sites for hydroxylation is 2. The molecule has 0 aliphatic rings. The van der Waals surface area contributed by atoms with Gasteiger partial charge < -0.3 is 35.9 Å². The lowest BCUT2D eigenvalue weighted by Crippen LogP contribution is -2.45. The summed E-state index contributed by atoms with van der Waals surface area (Å²) < 4.78 is 14.2. The number of ether oxygens (including phenoxy) is 3. The number of hydrogen-bond donors (Lipinski definition) is 4. The van der Waals surface area contributed by atoms with E-state index in [1.165, 1.54) is 24.3 Å². The molecule has 0 aliphatic heterocycles. The lowest BCUT2D eigenvalue weighted by Gasteiger charge is -2.21. The predicted molar refractivity (Wildman–Crippen MR) is 150 cm³/mol. The zero-order valence-corrected chi connectivity index (χ0v) is 23.0. The van der Waals surface area contributed by atoms with Crippen LogP contribution in [0.5, 0.6) is 0 Å². The molecule has 6 N–H and O–H groups in total. The number of carboxylic acids is 2. The van der Waals surface area contributed by atoms with Gasteiger partial charge in [0.25, 0.3) is 0 Å². The smallest absolute Gasteiger partial charge is 0.404 e. The van der Waals surface area contributed by atoms with Gasteiger partial charge in [-0.15, -0.1) is 0 Å². The van der Waals surface area contributed by atoms with Crippen molar-refractivity contribution in [3.8, 4) is 0 Å². The van der Waals surface area contributed by atoms with Gasteiger partial charge in [0, 0.05) is 6.04 Å². The number of rotatable bonds is 11. The molecule has 0 aromatic heterocycles. The van der Waals surface area contributed by atoms with Crippen molar-refractivity contribution in [3.63, 3.8) is 0 Å². The Kier molecular flexibility index (Phi) is 12.7. The van der Waals surface area contributed by atoms with Gasteiger partial charge in [-0.2, -0.15) is 0 Å². The molecule has 0 radical (unpaired) electrons. The fraction of sp³-hybridized carbons (Fsp3) is 0.233. The monoisotopic (exact) mass is 580 g/mol. The third-order valence-electron chi connectivity index (χ3n) is 5.58. The van der Waals surface area contributed by atoms with Gasteiger partial charge in [0.2, 0.25) is 12.2 Å². The van der Waals surface area contributed by atoms with E-state index in [1.807, 2.05) is 30.3 Å². The molecule has 0 saturated carbocycles. The van der Waals surface area contributed by atoms with Gasteiger partial charge in [-0.1, -0.05) is 65.7 Å². The number of carbonyl (C=O) groups is 5. The summed E-state index contributed by atoms with van der Waals surface area (Å²) in [6.07, 6.45) is -4.55. The maximum Gasteiger partial charge on any atom is 0.404 e. The molecule has 3 aromatic rings. The van der Waals surface area contributed by atoms with Crippen LogP contribution in [-0.2, 0) is 30.2 Å². The first-order valence-electron chi connectivity index (χ1n) is 12.6. The second-order valence-electron chi connectivity index (χ2n) is 9.14. The summed E-state index contributed by atoms with van der Waals surface area (Å²) in [6.45, 7) is 3.74. The minimum Gasteiger partial charge on any atom is -0.478 e. The van der Waals surface area contributed by atoms with Gasteiger partial charge in [-0.3, -0.25) is 0 Å². The van der Waals surface area contributed by atoms with Gasteiger partial charge in [0.15, 0.2) is 0 Å². The van der Waals surface area contributed by atoms with Crippen molar-refractivity contribution in [2.24, 2.45) is 11.5 Å². The van der Waals surface area contributed by atoms with Crippen LogP contribution in [0, 0.1) is 13.8 Å². The molecular formula is C30H32N2O10. The highest BCUT2D eigenvalue weighted by atomic mass is 16.6. The Balaban J connectivity index is 0.000000369. The molecule has 0 spiro atoms. The third-order valence-corrected chi connectivity index (χ3v) is 5.58. The lowest BCUT2D eigenvalue weighted by molar-refractivity contribution is -0.166. The van der Waals surface area contributed by atoms with Gasteiger partial charge in [0.05, 0.1) is 11.1 Å². The highest BCUT2D eigenvalue weighted by Crippen LogP contribution is 2.14. The van der Waals surface area contributed by atoms with E-state index in [1.54, 1.807) is 38.1 Å². The number of carbonyl (C=O) groups excluding carboxylic acids is 3. The molecule has 3 atom stereocenters. The number of esters is 2. The maximum absolute atomic E-state index is 12.2. The predicted octanol–water partition coefficient (Wildman–Crippen LogP) is 2.88. The third kappa shape index (κ3) is 11.1. The van der Waals surface area contributed by atoms with Crippen LogP contribution in [0.3, 0.4) is 0 Å². The summed E-state index contributed by atoms with van der Waals surface area (Å²) in [7, 11) is 0. The number of aliphatic carboxylic acids is 2. The number of benzene rings is 3. The Morgan fingerprint density at radius 3 is 1.45 bits per heavy atom. The average molecular weight is 581 g/mol. The molecule has 0 heterocycles. The van der Waals surface area contributed by atoms with Crippen molar-refractivity contribution in [1.29, 1.82) is 0 Å². The number of nitrogens with two attached hydrogens (primary N) is 2. The van der Waals surface area contributed by atoms with Gasteiger partial charge in [-0.05, 0) is 50.1 Å². The second-order valence-corrected chi connectivity index (χ2v) is 9.14. The van der Waals surface area contributed by atoms with Crippen molar-refractivity contribution >= 4 is 30.0 Å². The van der Waals surface area contributed by atoms with E-state index < -0.39 is 42.2 Å². The molecule has 222 valence electrons. The van der Waals surface area contributed by atoms with Crippen LogP contribution < -0.4 is 11.5 Å². The van der Waals surface area contributed by atoms with Gasteiger partial charge in [0.1, 0.15) is 6.61 Å². The number of carboxylic acid groups (broad SMARTS) is 2. The Morgan fingerprint density at radius 1 is 0.690 bits per heavy atom. The Hall–Kier alpha value is -5.23. The van der Waals surface area contributed by atoms with Gasteiger partial charge >= 0.3 is 30.0 Å². The van der Waals surface area contributed by atoms with Crippen molar-refractivity contribution in [2.45, 2.75) is 38.5 Å². The Bertz CT molecular complexity index is 1280. The van der Waals surface area contributed by atoms with Crippen molar-refractivity contribution in [1.82, 2.24) is 0 Å². The molecule has 0 unspecified atom stereocenters. The Morgan fingerprint density at radius 2 is 1.10 bits per heavy atom. The van der Waals surface area contributed by atoms with Crippen LogP contribution in [0.25, 0.3) is 0 Å². The van der Waals surface area contributed by atoms with Crippen LogP contribution in [-0.4, -0.2) is 65.0 Å². The van der Waals surface area contributed by atoms with Gasteiger partial charge in [-0.25, -0.2) is 24.0 Å². The highest BCUT2D eigenvalue weighted by molar-refractivity contribution is 5.95. The largest absolute Gasteiger partial charge is 0.478 e. The lowest BCUT2D eigenvalue weighted by atomic mass is 10.1. The van der Waals surface area contributed by atoms with Crippen LogP contribution in [0.1, 0.15) is 37.4 Å². The summed E-state index contributed by atoms with van der Waals surface area (Å²) >= 11 is 0. The Labute approximate surface area is 241 Å². The van der Waals surface area contributed by atoms with Crippen LogP contribution in [0.2, 0.25) is 0 Å². The van der Waals surface area contributed by atoms with E-state index in [9.17, 15) is 34.2 Å². The summed E-state index contributed by atoms with van der Waals surface area (Å²) in [6, 6.07) is 21.6. The summed E-state index contributed by atoms with van der Waals surface area (Å²) in [5.74, 6) is -5.62. The summed E-state index contributed by atoms with van der Waals surface area (Å²) in [4.78, 5) is 57.6. The SMILES string of the molecule is Cc1ccc(C(=O)O[C@@H](C(=O)O)[C@@H](OC(=O)c2ccc(C)cc2)C(=O)O)cc1.NC(=O)OC[C@H](N)Cc1ccccc1. The average Bonchev–Trinajstić information content (AvgIpc) is 2.95. The molecule has 0 fully saturated rings. The van der Waals surface area contributed by atoms with E-state index in [-0.39, 0.29) is 23.8 Å². The summed E-state index contributed by atoms with van der Waals surface area (Å²) in [5, 5.41) is 18.6. The first kappa shape index (κ1) is 33.0.